The van der Waals surface area contributed by atoms with Crippen LogP contribution in [0.3, 0.4) is 0 Å². The number of Topliss-reactive ketones (excluding diaryl/α,β-unsaturated/α-hetero) is 1. The average molecular weight is 202 g/mol. The molecular weight excluding hydrogens is 188 g/mol. The minimum Gasteiger partial charge on any atom is -0.464 e. The van der Waals surface area contributed by atoms with Crippen molar-refractivity contribution in [3.8, 4) is 0 Å². The zero-order valence-corrected chi connectivity index (χ0v) is 8.56. The lowest BCUT2D eigenvalue weighted by Crippen LogP contribution is -2.22. The van der Waals surface area contributed by atoms with Crippen molar-refractivity contribution in [1.29, 1.82) is 0 Å². The SMILES string of the molecule is CSCCOC(=O)C1CCCC1=O. The van der Waals surface area contributed by atoms with Crippen molar-refractivity contribution in [2.45, 2.75) is 19.3 Å². The van der Waals surface area contributed by atoms with Crippen LogP contribution in [-0.4, -0.2) is 30.4 Å². The fourth-order valence-electron chi connectivity index (χ4n) is 1.39. The van der Waals surface area contributed by atoms with Gasteiger partial charge in [-0.15, -0.1) is 0 Å². The Kier molecular flexibility index (Phi) is 4.28. The molecule has 1 unspecified atom stereocenters. The van der Waals surface area contributed by atoms with Crippen LogP contribution in [0.5, 0.6) is 0 Å². The quantitative estimate of drug-likeness (QED) is 0.391. The summed E-state index contributed by atoms with van der Waals surface area (Å²) in [6.07, 6.45) is 4.01. The van der Waals surface area contributed by atoms with Crippen LogP contribution in [0.25, 0.3) is 0 Å². The van der Waals surface area contributed by atoms with Crippen molar-refractivity contribution in [2.24, 2.45) is 5.92 Å². The molecule has 0 amide bonds. The largest absolute Gasteiger partial charge is 0.464 e. The van der Waals surface area contributed by atoms with Crippen molar-refractivity contribution in [3.05, 3.63) is 0 Å². The number of hydrogen-bond donors (Lipinski definition) is 0. The Bertz CT molecular complexity index is 203. The van der Waals surface area contributed by atoms with Crippen LogP contribution in [-0.2, 0) is 14.3 Å². The van der Waals surface area contributed by atoms with Crippen molar-refractivity contribution < 1.29 is 14.3 Å². The van der Waals surface area contributed by atoms with Gasteiger partial charge in [0.2, 0.25) is 0 Å². The third kappa shape index (κ3) is 3.03. The first kappa shape index (κ1) is 10.6. The van der Waals surface area contributed by atoms with E-state index < -0.39 is 5.92 Å². The van der Waals surface area contributed by atoms with Crippen LogP contribution in [0.4, 0.5) is 0 Å². The maximum absolute atomic E-state index is 11.3. The molecule has 0 bridgehead atoms. The molecule has 0 N–H and O–H groups in total. The molecule has 1 aliphatic rings. The lowest BCUT2D eigenvalue weighted by molar-refractivity contribution is -0.150. The van der Waals surface area contributed by atoms with Gasteiger partial charge in [0.05, 0.1) is 0 Å². The van der Waals surface area contributed by atoms with E-state index >= 15 is 0 Å². The van der Waals surface area contributed by atoms with Crippen molar-refractivity contribution >= 4 is 23.5 Å². The molecule has 13 heavy (non-hydrogen) atoms. The maximum Gasteiger partial charge on any atom is 0.316 e. The molecule has 0 aromatic rings. The Labute approximate surface area is 82.2 Å². The Balaban J connectivity index is 2.26. The summed E-state index contributed by atoms with van der Waals surface area (Å²) in [4.78, 5) is 22.4. The zero-order chi connectivity index (χ0) is 9.68. The van der Waals surface area contributed by atoms with E-state index in [0.717, 1.165) is 12.2 Å². The first-order valence-electron chi connectivity index (χ1n) is 4.44. The predicted molar refractivity (Wildman–Crippen MR) is 51.7 cm³/mol. The van der Waals surface area contributed by atoms with Gasteiger partial charge in [-0.05, 0) is 19.1 Å². The smallest absolute Gasteiger partial charge is 0.316 e. The Morgan fingerprint density at radius 1 is 1.69 bits per heavy atom. The van der Waals surface area contributed by atoms with Crippen molar-refractivity contribution in [2.75, 3.05) is 18.6 Å². The predicted octanol–water partition coefficient (Wildman–Crippen LogP) is 1.26. The third-order valence-corrected chi connectivity index (χ3v) is 2.70. The Hall–Kier alpha value is -0.510. The van der Waals surface area contributed by atoms with Gasteiger partial charge >= 0.3 is 5.97 Å². The molecule has 0 aromatic carbocycles. The first-order valence-corrected chi connectivity index (χ1v) is 5.83. The highest BCUT2D eigenvalue weighted by Crippen LogP contribution is 2.22. The lowest BCUT2D eigenvalue weighted by atomic mass is 10.1. The minimum atomic E-state index is -0.457. The number of hydrogen-bond acceptors (Lipinski definition) is 4. The van der Waals surface area contributed by atoms with E-state index in [4.69, 9.17) is 4.74 Å². The Morgan fingerprint density at radius 3 is 3.00 bits per heavy atom. The fourth-order valence-corrected chi connectivity index (χ4v) is 1.64. The average Bonchev–Trinajstić information content (AvgIpc) is 2.52. The van der Waals surface area contributed by atoms with Gasteiger partial charge in [-0.3, -0.25) is 9.59 Å². The highest BCUT2D eigenvalue weighted by Gasteiger charge is 2.31. The summed E-state index contributed by atoms with van der Waals surface area (Å²) in [6, 6.07) is 0. The highest BCUT2D eigenvalue weighted by atomic mass is 32.2. The molecule has 1 fully saturated rings. The van der Waals surface area contributed by atoms with E-state index in [9.17, 15) is 9.59 Å². The molecule has 3 nitrogen and oxygen atoms in total. The van der Waals surface area contributed by atoms with E-state index in [2.05, 4.69) is 0 Å². The second-order valence-electron chi connectivity index (χ2n) is 3.07. The van der Waals surface area contributed by atoms with Crippen LogP contribution in [0.15, 0.2) is 0 Å². The molecule has 0 aromatic heterocycles. The van der Waals surface area contributed by atoms with E-state index in [1.165, 1.54) is 0 Å². The van der Waals surface area contributed by atoms with Gasteiger partial charge in [-0.2, -0.15) is 11.8 Å². The fraction of sp³-hybridized carbons (Fsp3) is 0.778. The minimum absolute atomic E-state index is 0.0501. The number of rotatable bonds is 4. The summed E-state index contributed by atoms with van der Waals surface area (Å²) in [7, 11) is 0. The van der Waals surface area contributed by atoms with Gasteiger partial charge in [-0.1, -0.05) is 0 Å². The van der Waals surface area contributed by atoms with Crippen LogP contribution < -0.4 is 0 Å². The van der Waals surface area contributed by atoms with Gasteiger partial charge in [-0.25, -0.2) is 0 Å². The van der Waals surface area contributed by atoms with Crippen LogP contribution in [0, 0.1) is 5.92 Å². The monoisotopic (exact) mass is 202 g/mol. The summed E-state index contributed by atoms with van der Waals surface area (Å²) >= 11 is 1.62. The molecule has 4 heteroatoms. The molecule has 0 spiro atoms. The number of carbonyl (C=O) groups is 2. The number of esters is 1. The number of ketones is 1. The molecule has 1 aliphatic carbocycles. The van der Waals surface area contributed by atoms with Gasteiger partial charge in [0, 0.05) is 12.2 Å². The van der Waals surface area contributed by atoms with Gasteiger partial charge < -0.3 is 4.74 Å². The van der Waals surface area contributed by atoms with Gasteiger partial charge in [0.25, 0.3) is 0 Å². The van der Waals surface area contributed by atoms with Crippen molar-refractivity contribution in [1.82, 2.24) is 0 Å². The molecule has 0 aliphatic heterocycles. The summed E-state index contributed by atoms with van der Waals surface area (Å²) in [5.74, 6) is 0.0692. The normalized spacial score (nSPS) is 21.9. The van der Waals surface area contributed by atoms with Crippen molar-refractivity contribution in [3.63, 3.8) is 0 Å². The third-order valence-electron chi connectivity index (χ3n) is 2.12. The summed E-state index contributed by atoms with van der Waals surface area (Å²) < 4.78 is 4.96. The summed E-state index contributed by atoms with van der Waals surface area (Å²) in [6.45, 7) is 0.420. The second kappa shape index (κ2) is 5.27. The molecule has 1 atom stereocenters. The van der Waals surface area contributed by atoms with Gasteiger partial charge in [0.1, 0.15) is 18.3 Å². The molecule has 1 rings (SSSR count). The van der Waals surface area contributed by atoms with E-state index in [-0.39, 0.29) is 11.8 Å². The molecule has 0 saturated heterocycles. The molecule has 1 saturated carbocycles. The maximum atomic E-state index is 11.3. The standard InChI is InChI=1S/C9H14O3S/c1-13-6-5-12-9(11)7-3-2-4-8(7)10/h7H,2-6H2,1H3. The first-order chi connectivity index (χ1) is 6.25. The topological polar surface area (TPSA) is 43.4 Å². The second-order valence-corrected chi connectivity index (χ2v) is 4.06. The summed E-state index contributed by atoms with van der Waals surface area (Å²) in [5.41, 5.74) is 0. The highest BCUT2D eigenvalue weighted by molar-refractivity contribution is 7.98. The van der Waals surface area contributed by atoms with E-state index in [1.807, 2.05) is 6.26 Å². The number of thioether (sulfide) groups is 1. The summed E-state index contributed by atoms with van der Waals surface area (Å²) in [5, 5.41) is 0. The van der Waals surface area contributed by atoms with Crippen LogP contribution >= 0.6 is 11.8 Å². The number of carbonyl (C=O) groups excluding carboxylic acids is 2. The Morgan fingerprint density at radius 2 is 2.46 bits per heavy atom. The molecular formula is C9H14O3S. The van der Waals surface area contributed by atoms with E-state index in [1.54, 1.807) is 11.8 Å². The lowest BCUT2D eigenvalue weighted by Gasteiger charge is -2.07. The van der Waals surface area contributed by atoms with E-state index in [0.29, 0.717) is 19.4 Å². The van der Waals surface area contributed by atoms with Gasteiger partial charge in [0.15, 0.2) is 0 Å². The van der Waals surface area contributed by atoms with Crippen LogP contribution in [0.2, 0.25) is 0 Å². The molecule has 74 valence electrons. The van der Waals surface area contributed by atoms with Crippen LogP contribution in [0.1, 0.15) is 19.3 Å². The number of ether oxygens (including phenoxy) is 1. The molecule has 0 heterocycles. The molecule has 0 radical (unpaired) electrons. The zero-order valence-electron chi connectivity index (χ0n) is 7.75.